The summed E-state index contributed by atoms with van der Waals surface area (Å²) in [6.07, 6.45) is -31.9. The number of aliphatic hydroxyl groups excluding tert-OH is 17. The van der Waals surface area contributed by atoms with Gasteiger partial charge in [0.15, 0.2) is 6.29 Å². The molecule has 0 bridgehead atoms. The van der Waals surface area contributed by atoms with Gasteiger partial charge >= 0.3 is 0 Å². The fourth-order valence-corrected chi connectivity index (χ4v) is 7.16. The van der Waals surface area contributed by atoms with E-state index in [2.05, 4.69) is 0 Å². The van der Waals surface area contributed by atoms with E-state index in [1.54, 1.807) is 0 Å². The van der Waals surface area contributed by atoms with Crippen LogP contribution in [-0.2, 0) is 42.6 Å². The normalized spacial score (nSPS) is 52.3. The molecule has 21 atom stereocenters. The van der Waals surface area contributed by atoms with Crippen LogP contribution in [0.1, 0.15) is 0 Å². The van der Waals surface area contributed by atoms with Crippen LogP contribution in [0.15, 0.2) is 0 Å². The van der Waals surface area contributed by atoms with Crippen molar-refractivity contribution in [2.75, 3.05) is 59.5 Å². The molecule has 0 aromatic carbocycles. The first-order chi connectivity index (χ1) is 26.4. The summed E-state index contributed by atoms with van der Waals surface area (Å²) in [5, 5.41) is 176. The topological polar surface area (TPSA) is 427 Å². The van der Waals surface area contributed by atoms with Crippen LogP contribution in [0.2, 0.25) is 0 Å². The second-order valence-corrected chi connectivity index (χ2v) is 14.2. The summed E-state index contributed by atoms with van der Waals surface area (Å²) in [7, 11) is 0. The molecule has 0 aromatic heterocycles. The van der Waals surface area contributed by atoms with E-state index in [0.29, 0.717) is 0 Å². The lowest BCUT2D eigenvalue weighted by Crippen LogP contribution is -2.63. The molecule has 5 saturated heterocycles. The summed E-state index contributed by atoms with van der Waals surface area (Å²) in [6.45, 7) is -8.98. The van der Waals surface area contributed by atoms with Gasteiger partial charge in [0.2, 0.25) is 23.1 Å². The SMILES string of the molecule is OCC1OC(OC2(COC3(CO)OC(CO)C(O)C3O)OC(COC3(CO)OC(COC4(CO)OC(CO)C(O)C4O)C(O)C3O)C(O)C2O)C(O)C(O)C1O. The molecule has 5 rings (SSSR count). The van der Waals surface area contributed by atoms with Gasteiger partial charge in [0, 0.05) is 0 Å². The third-order valence-electron chi connectivity index (χ3n) is 10.7. The molecule has 5 aliphatic heterocycles. The number of rotatable bonds is 17. The zero-order valence-electron chi connectivity index (χ0n) is 29.5. The largest absolute Gasteiger partial charge is 0.394 e. The molecule has 21 unspecified atom stereocenters. The highest BCUT2D eigenvalue weighted by Gasteiger charge is 2.64. The highest BCUT2D eigenvalue weighted by atomic mass is 16.8. The van der Waals surface area contributed by atoms with Crippen LogP contribution in [0.3, 0.4) is 0 Å². The van der Waals surface area contributed by atoms with Crippen LogP contribution in [0.25, 0.3) is 0 Å². The fraction of sp³-hybridized carbons (Fsp3) is 1.00. The second-order valence-electron chi connectivity index (χ2n) is 14.2. The average molecular weight is 829 g/mol. The Morgan fingerprint density at radius 3 is 1.12 bits per heavy atom. The highest BCUT2D eigenvalue weighted by molar-refractivity contribution is 5.04. The number of aliphatic hydroxyl groups is 17. The third kappa shape index (κ3) is 7.97. The number of ether oxygens (including phenoxy) is 9. The van der Waals surface area contributed by atoms with Gasteiger partial charge in [0.05, 0.1) is 33.0 Å². The minimum atomic E-state index is -2.80. The Balaban J connectivity index is 1.35. The predicted octanol–water partition coefficient (Wildman–Crippen LogP) is -11.9. The lowest BCUT2D eigenvalue weighted by atomic mass is 9.99. The first-order valence-electron chi connectivity index (χ1n) is 17.5. The molecule has 5 aliphatic rings. The fourth-order valence-electron chi connectivity index (χ4n) is 7.16. The Bertz CT molecular complexity index is 1270. The minimum absolute atomic E-state index is 0.776. The zero-order chi connectivity index (χ0) is 41.5. The summed E-state index contributed by atoms with van der Waals surface area (Å²) in [6, 6.07) is 0. The van der Waals surface area contributed by atoms with Crippen molar-refractivity contribution in [1.82, 2.24) is 0 Å². The van der Waals surface area contributed by atoms with E-state index in [4.69, 9.17) is 42.6 Å². The van der Waals surface area contributed by atoms with Crippen molar-refractivity contribution in [2.24, 2.45) is 0 Å². The van der Waals surface area contributed by atoms with Crippen molar-refractivity contribution < 1.29 is 129 Å². The Kier molecular flexibility index (Phi) is 14.7. The van der Waals surface area contributed by atoms with Crippen LogP contribution < -0.4 is 0 Å². The Morgan fingerprint density at radius 2 is 0.732 bits per heavy atom. The van der Waals surface area contributed by atoms with Crippen molar-refractivity contribution in [3.8, 4) is 0 Å². The van der Waals surface area contributed by atoms with Gasteiger partial charge in [-0.1, -0.05) is 0 Å². The standard InChI is InChI=1S/C30H52O26/c31-1-10-15(37)20(42)21(43)26(51-10)56-30(9-50-29(8-36)23(45)17(39)12(3-33)53-29)25(47)19(41)14(55-30)5-49-28(7-35)24(46)18(40)13(54-28)4-48-27(6-34)22(44)16(38)11(2-32)52-27/h10-26,31-47H,1-9H2. The van der Waals surface area contributed by atoms with Crippen LogP contribution in [0, 0.1) is 0 Å². The molecule has 56 heavy (non-hydrogen) atoms. The monoisotopic (exact) mass is 828 g/mol. The van der Waals surface area contributed by atoms with Gasteiger partial charge in [0.1, 0.15) is 124 Å². The minimum Gasteiger partial charge on any atom is -0.394 e. The number of hydrogen-bond donors (Lipinski definition) is 17. The van der Waals surface area contributed by atoms with Gasteiger partial charge in [-0.05, 0) is 0 Å². The van der Waals surface area contributed by atoms with Gasteiger partial charge in [0.25, 0.3) is 0 Å². The van der Waals surface area contributed by atoms with Crippen LogP contribution >= 0.6 is 0 Å². The van der Waals surface area contributed by atoms with Crippen LogP contribution in [-0.4, -0.2) is 273 Å². The summed E-state index contributed by atoms with van der Waals surface area (Å²) < 4.78 is 49.8. The van der Waals surface area contributed by atoms with E-state index in [9.17, 15) is 86.8 Å². The van der Waals surface area contributed by atoms with Gasteiger partial charge in [-0.2, -0.15) is 0 Å². The van der Waals surface area contributed by atoms with Gasteiger partial charge in [-0.15, -0.1) is 0 Å². The molecule has 0 aliphatic carbocycles. The Hall–Kier alpha value is -1.04. The molecule has 0 saturated carbocycles. The third-order valence-corrected chi connectivity index (χ3v) is 10.7. The molecule has 0 aromatic rings. The summed E-state index contributed by atoms with van der Waals surface area (Å²) in [4.78, 5) is 0. The number of hydrogen-bond acceptors (Lipinski definition) is 26. The highest BCUT2D eigenvalue weighted by Crippen LogP contribution is 2.42. The first kappa shape index (κ1) is 46.0. The van der Waals surface area contributed by atoms with Crippen LogP contribution in [0.5, 0.6) is 0 Å². The van der Waals surface area contributed by atoms with Crippen LogP contribution in [0.4, 0.5) is 0 Å². The maximum absolute atomic E-state index is 11.4. The molecule has 0 spiro atoms. The maximum Gasteiger partial charge on any atom is 0.224 e. The van der Waals surface area contributed by atoms with Crippen molar-refractivity contribution in [1.29, 1.82) is 0 Å². The smallest absolute Gasteiger partial charge is 0.224 e. The van der Waals surface area contributed by atoms with E-state index in [1.165, 1.54) is 0 Å². The maximum atomic E-state index is 11.4. The molecule has 26 heteroatoms. The van der Waals surface area contributed by atoms with E-state index in [1.807, 2.05) is 0 Å². The molecule has 26 nitrogen and oxygen atoms in total. The Morgan fingerprint density at radius 1 is 0.375 bits per heavy atom. The Labute approximate surface area is 316 Å². The molecular weight excluding hydrogens is 776 g/mol. The average Bonchev–Trinajstić information content (AvgIpc) is 3.80. The molecule has 0 radical (unpaired) electrons. The first-order valence-corrected chi connectivity index (χ1v) is 17.5. The molecule has 0 amide bonds. The lowest BCUT2D eigenvalue weighted by molar-refractivity contribution is -0.401. The van der Waals surface area contributed by atoms with Gasteiger partial charge in [-0.25, -0.2) is 0 Å². The van der Waals surface area contributed by atoms with Crippen molar-refractivity contribution >= 4 is 0 Å². The van der Waals surface area contributed by atoms with Gasteiger partial charge in [-0.3, -0.25) is 0 Å². The van der Waals surface area contributed by atoms with Crippen molar-refractivity contribution in [3.05, 3.63) is 0 Å². The lowest BCUT2D eigenvalue weighted by Gasteiger charge is -2.44. The summed E-state index contributed by atoms with van der Waals surface area (Å²) in [5.74, 6) is -10.2. The van der Waals surface area contributed by atoms with E-state index in [0.717, 1.165) is 0 Å². The summed E-state index contributed by atoms with van der Waals surface area (Å²) in [5.41, 5.74) is 0. The quantitative estimate of drug-likeness (QED) is 0.0647. The van der Waals surface area contributed by atoms with Crippen molar-refractivity contribution in [3.63, 3.8) is 0 Å². The zero-order valence-corrected chi connectivity index (χ0v) is 29.5. The van der Waals surface area contributed by atoms with Crippen molar-refractivity contribution in [2.45, 2.75) is 127 Å². The van der Waals surface area contributed by atoms with Gasteiger partial charge < -0.3 is 129 Å². The van der Waals surface area contributed by atoms with E-state index in [-0.39, 0.29) is 0 Å². The van der Waals surface area contributed by atoms with E-state index >= 15 is 0 Å². The van der Waals surface area contributed by atoms with E-state index < -0.39 is 187 Å². The predicted molar refractivity (Wildman–Crippen MR) is 167 cm³/mol. The molecular formula is C30H52O26. The molecule has 17 N–H and O–H groups in total. The summed E-state index contributed by atoms with van der Waals surface area (Å²) >= 11 is 0. The molecule has 328 valence electrons. The molecule has 5 fully saturated rings. The molecule has 5 heterocycles. The second kappa shape index (κ2) is 17.9.